The number of halogens is 2. The maximum absolute atomic E-state index is 13.4. The second-order valence-electron chi connectivity index (χ2n) is 3.76. The van der Waals surface area contributed by atoms with Gasteiger partial charge in [0.05, 0.1) is 12.1 Å². The minimum absolute atomic E-state index is 0.384. The fraction of sp³-hybridized carbons (Fsp3) is 0.231. The van der Waals surface area contributed by atoms with E-state index < -0.39 is 0 Å². The third kappa shape index (κ3) is 2.76. The molecule has 2 aromatic rings. The number of methoxy groups -OCH3 is 1. The van der Waals surface area contributed by atoms with Gasteiger partial charge in [-0.1, -0.05) is 11.6 Å². The van der Waals surface area contributed by atoms with Crippen LogP contribution < -0.4 is 10.1 Å². The molecule has 1 aromatic heterocycles. The van der Waals surface area contributed by atoms with Gasteiger partial charge in [-0.15, -0.1) is 0 Å². The molecule has 1 aromatic carbocycles. The molecule has 0 unspecified atom stereocenters. The zero-order valence-corrected chi connectivity index (χ0v) is 11.3. The van der Waals surface area contributed by atoms with Gasteiger partial charge in [0.2, 0.25) is 0 Å². The van der Waals surface area contributed by atoms with Crippen molar-refractivity contribution < 1.29 is 9.13 Å². The Balaban J connectivity index is 2.61. The monoisotopic (exact) mass is 281 g/mol. The van der Waals surface area contributed by atoms with Crippen molar-refractivity contribution >= 4 is 17.4 Å². The van der Waals surface area contributed by atoms with Gasteiger partial charge in [0.25, 0.3) is 0 Å². The van der Waals surface area contributed by atoms with Crippen molar-refractivity contribution in [3.63, 3.8) is 0 Å². The first-order valence-corrected chi connectivity index (χ1v) is 6.13. The fourth-order valence-corrected chi connectivity index (χ4v) is 1.94. The van der Waals surface area contributed by atoms with Crippen LogP contribution in [0.5, 0.6) is 5.75 Å². The molecule has 0 fully saturated rings. The third-order valence-corrected chi connectivity index (χ3v) is 2.87. The first-order chi connectivity index (χ1) is 9.17. The molecule has 1 heterocycles. The first-order valence-electron chi connectivity index (χ1n) is 5.75. The van der Waals surface area contributed by atoms with Crippen LogP contribution in [0.1, 0.15) is 6.92 Å². The number of rotatable bonds is 4. The summed E-state index contributed by atoms with van der Waals surface area (Å²) in [6.45, 7) is 2.63. The van der Waals surface area contributed by atoms with Gasteiger partial charge in [-0.3, -0.25) is 0 Å². The summed E-state index contributed by atoms with van der Waals surface area (Å²) in [5, 5.41) is 3.46. The molecular formula is C13H13ClFN3O. The van der Waals surface area contributed by atoms with Gasteiger partial charge < -0.3 is 10.1 Å². The van der Waals surface area contributed by atoms with Crippen LogP contribution in [0, 0.1) is 5.82 Å². The smallest absolute Gasteiger partial charge is 0.187 e. The summed E-state index contributed by atoms with van der Waals surface area (Å²) >= 11 is 6.09. The molecule has 0 aliphatic carbocycles. The molecule has 100 valence electrons. The molecule has 0 aliphatic rings. The normalized spacial score (nSPS) is 10.3. The summed E-state index contributed by atoms with van der Waals surface area (Å²) in [5.41, 5.74) is 0.929. The molecule has 0 amide bonds. The van der Waals surface area contributed by atoms with E-state index >= 15 is 0 Å². The van der Waals surface area contributed by atoms with E-state index in [4.69, 9.17) is 16.3 Å². The maximum atomic E-state index is 13.4. The van der Waals surface area contributed by atoms with Crippen LogP contribution in [0.15, 0.2) is 24.5 Å². The standard InChI is InChI=1S/C13H13ClFN3O/c1-3-16-13-12(19-2)11(17-7-18-13)9-6-8(15)4-5-10(9)14/h4-7H,3H2,1-2H3,(H,16,17,18). The van der Waals surface area contributed by atoms with Gasteiger partial charge in [-0.25, -0.2) is 14.4 Å². The SMILES string of the molecule is CCNc1ncnc(-c2cc(F)ccc2Cl)c1OC. The van der Waals surface area contributed by atoms with Crippen molar-refractivity contribution in [2.45, 2.75) is 6.92 Å². The molecule has 19 heavy (non-hydrogen) atoms. The molecule has 4 nitrogen and oxygen atoms in total. The number of nitrogens with zero attached hydrogens (tertiary/aromatic N) is 2. The third-order valence-electron chi connectivity index (χ3n) is 2.54. The molecule has 0 aliphatic heterocycles. The van der Waals surface area contributed by atoms with Crippen LogP contribution >= 0.6 is 11.6 Å². The van der Waals surface area contributed by atoms with E-state index in [2.05, 4.69) is 15.3 Å². The van der Waals surface area contributed by atoms with Crippen molar-refractivity contribution in [3.05, 3.63) is 35.4 Å². The molecule has 0 saturated carbocycles. The average molecular weight is 282 g/mol. The summed E-state index contributed by atoms with van der Waals surface area (Å²) in [5.74, 6) is 0.609. The second kappa shape index (κ2) is 5.84. The number of hydrogen-bond donors (Lipinski definition) is 1. The van der Waals surface area contributed by atoms with E-state index in [9.17, 15) is 4.39 Å². The molecule has 0 atom stereocenters. The highest BCUT2D eigenvalue weighted by atomic mass is 35.5. The largest absolute Gasteiger partial charge is 0.491 e. The Bertz CT molecular complexity index is 592. The Morgan fingerprint density at radius 3 is 2.84 bits per heavy atom. The maximum Gasteiger partial charge on any atom is 0.187 e. The van der Waals surface area contributed by atoms with Crippen molar-refractivity contribution in [1.29, 1.82) is 0 Å². The Morgan fingerprint density at radius 2 is 2.16 bits per heavy atom. The van der Waals surface area contributed by atoms with Gasteiger partial charge in [-0.2, -0.15) is 0 Å². The summed E-state index contributed by atoms with van der Waals surface area (Å²) in [4.78, 5) is 8.23. The highest BCUT2D eigenvalue weighted by Gasteiger charge is 2.16. The van der Waals surface area contributed by atoms with E-state index in [-0.39, 0.29) is 5.82 Å². The van der Waals surface area contributed by atoms with Gasteiger partial charge in [0.15, 0.2) is 11.6 Å². The van der Waals surface area contributed by atoms with E-state index in [1.807, 2.05) is 6.92 Å². The van der Waals surface area contributed by atoms with Crippen molar-refractivity contribution in [2.75, 3.05) is 19.0 Å². The zero-order valence-electron chi connectivity index (χ0n) is 10.6. The zero-order chi connectivity index (χ0) is 13.8. The molecule has 6 heteroatoms. The van der Waals surface area contributed by atoms with Crippen LogP contribution in [0.3, 0.4) is 0 Å². The van der Waals surface area contributed by atoms with Crippen LogP contribution in [0.25, 0.3) is 11.3 Å². The molecule has 0 saturated heterocycles. The predicted molar refractivity (Wildman–Crippen MR) is 73.2 cm³/mol. The molecule has 1 N–H and O–H groups in total. The van der Waals surface area contributed by atoms with E-state index in [1.54, 1.807) is 0 Å². The topological polar surface area (TPSA) is 47.0 Å². The minimum Gasteiger partial charge on any atom is -0.491 e. The highest BCUT2D eigenvalue weighted by Crippen LogP contribution is 2.36. The van der Waals surface area contributed by atoms with Gasteiger partial charge in [0.1, 0.15) is 17.8 Å². The lowest BCUT2D eigenvalue weighted by Crippen LogP contribution is -2.04. The fourth-order valence-electron chi connectivity index (χ4n) is 1.73. The number of aromatic nitrogens is 2. The highest BCUT2D eigenvalue weighted by molar-refractivity contribution is 6.33. The van der Waals surface area contributed by atoms with Gasteiger partial charge in [-0.05, 0) is 25.1 Å². The Kier molecular flexibility index (Phi) is 4.16. The quantitative estimate of drug-likeness (QED) is 0.933. The molecule has 2 rings (SSSR count). The van der Waals surface area contributed by atoms with E-state index in [0.29, 0.717) is 34.4 Å². The summed E-state index contributed by atoms with van der Waals surface area (Å²) in [6, 6.07) is 4.11. The molecular weight excluding hydrogens is 269 g/mol. The molecule has 0 bridgehead atoms. The average Bonchev–Trinajstić information content (AvgIpc) is 2.41. The lowest BCUT2D eigenvalue weighted by Gasteiger charge is -2.13. The molecule has 0 radical (unpaired) electrons. The van der Waals surface area contributed by atoms with Gasteiger partial charge >= 0.3 is 0 Å². The van der Waals surface area contributed by atoms with Gasteiger partial charge in [0, 0.05) is 12.1 Å². The minimum atomic E-state index is -0.384. The summed E-state index contributed by atoms with van der Waals surface area (Å²) in [7, 11) is 1.51. The lowest BCUT2D eigenvalue weighted by molar-refractivity contribution is 0.414. The Labute approximate surface area is 115 Å². The number of anilines is 1. The lowest BCUT2D eigenvalue weighted by atomic mass is 10.1. The number of ether oxygens (including phenoxy) is 1. The van der Waals surface area contributed by atoms with Crippen molar-refractivity contribution in [2.24, 2.45) is 0 Å². The summed E-state index contributed by atoms with van der Waals surface area (Å²) in [6.07, 6.45) is 1.39. The van der Waals surface area contributed by atoms with Crippen molar-refractivity contribution in [1.82, 2.24) is 9.97 Å². The van der Waals surface area contributed by atoms with Crippen LogP contribution in [-0.2, 0) is 0 Å². The van der Waals surface area contributed by atoms with Crippen LogP contribution in [-0.4, -0.2) is 23.6 Å². The number of hydrogen-bond acceptors (Lipinski definition) is 4. The van der Waals surface area contributed by atoms with E-state index in [0.717, 1.165) is 0 Å². The number of benzene rings is 1. The van der Waals surface area contributed by atoms with Crippen LogP contribution in [0.4, 0.5) is 10.2 Å². The first kappa shape index (κ1) is 13.5. The predicted octanol–water partition coefficient (Wildman–Crippen LogP) is 3.38. The number of nitrogens with one attached hydrogen (secondary N) is 1. The van der Waals surface area contributed by atoms with E-state index in [1.165, 1.54) is 31.6 Å². The van der Waals surface area contributed by atoms with Crippen molar-refractivity contribution in [3.8, 4) is 17.0 Å². The van der Waals surface area contributed by atoms with Crippen LogP contribution in [0.2, 0.25) is 5.02 Å². The Hall–Kier alpha value is -1.88. The Morgan fingerprint density at radius 1 is 1.37 bits per heavy atom. The second-order valence-corrected chi connectivity index (χ2v) is 4.17. The summed E-state index contributed by atoms with van der Waals surface area (Å²) < 4.78 is 18.7. The molecule has 0 spiro atoms.